The minimum Gasteiger partial charge on any atom is -0.481 e. The van der Waals surface area contributed by atoms with E-state index in [9.17, 15) is 19.8 Å². The maximum Gasteiger partial charge on any atom is 0.407 e. The molecule has 1 aromatic rings. The van der Waals surface area contributed by atoms with Crippen molar-refractivity contribution in [2.45, 2.75) is 83.5 Å². The lowest BCUT2D eigenvalue weighted by Gasteiger charge is -2.33. The van der Waals surface area contributed by atoms with Gasteiger partial charge in [-0.05, 0) is 45.1 Å². The smallest absolute Gasteiger partial charge is 0.407 e. The van der Waals surface area contributed by atoms with E-state index in [2.05, 4.69) is 5.32 Å². The quantitative estimate of drug-likeness (QED) is 0.604. The number of aliphatic carboxylic acids is 1. The summed E-state index contributed by atoms with van der Waals surface area (Å²) in [4.78, 5) is 24.3. The van der Waals surface area contributed by atoms with Crippen molar-refractivity contribution in [2.75, 3.05) is 0 Å². The summed E-state index contributed by atoms with van der Waals surface area (Å²) in [5.74, 6) is -1.72. The molecule has 0 bridgehead atoms. The van der Waals surface area contributed by atoms with Crippen molar-refractivity contribution in [3.63, 3.8) is 0 Å². The largest absolute Gasteiger partial charge is 0.481 e. The van der Waals surface area contributed by atoms with Crippen LogP contribution in [0.15, 0.2) is 30.3 Å². The molecule has 1 aliphatic carbocycles. The predicted molar refractivity (Wildman–Crippen MR) is 112 cm³/mol. The highest BCUT2D eigenvalue weighted by Gasteiger charge is 2.36. The van der Waals surface area contributed by atoms with Crippen LogP contribution in [-0.2, 0) is 16.0 Å². The molecule has 0 aliphatic heterocycles. The van der Waals surface area contributed by atoms with Crippen molar-refractivity contribution in [2.24, 2.45) is 11.8 Å². The van der Waals surface area contributed by atoms with Crippen LogP contribution >= 0.6 is 0 Å². The van der Waals surface area contributed by atoms with Crippen molar-refractivity contribution < 1.29 is 24.5 Å². The molecule has 0 aromatic heterocycles. The second kappa shape index (κ2) is 10.6. The maximum atomic E-state index is 12.4. The Hall–Kier alpha value is -2.08. The number of aliphatic hydroxyl groups excluding tert-OH is 1. The van der Waals surface area contributed by atoms with Crippen LogP contribution < -0.4 is 5.32 Å². The van der Waals surface area contributed by atoms with Gasteiger partial charge in [-0.1, -0.05) is 62.4 Å². The highest BCUT2D eigenvalue weighted by Crippen LogP contribution is 2.29. The molecule has 1 saturated carbocycles. The van der Waals surface area contributed by atoms with Crippen molar-refractivity contribution in [3.05, 3.63) is 35.9 Å². The zero-order valence-electron chi connectivity index (χ0n) is 17.8. The lowest BCUT2D eigenvalue weighted by molar-refractivity contribution is -0.146. The Morgan fingerprint density at radius 3 is 2.31 bits per heavy atom. The highest BCUT2D eigenvalue weighted by atomic mass is 16.6. The van der Waals surface area contributed by atoms with Gasteiger partial charge in [-0.2, -0.15) is 0 Å². The summed E-state index contributed by atoms with van der Waals surface area (Å²) < 4.78 is 5.36. The first-order chi connectivity index (χ1) is 13.7. The number of rotatable bonds is 8. The van der Waals surface area contributed by atoms with Gasteiger partial charge in [-0.25, -0.2) is 4.79 Å². The van der Waals surface area contributed by atoms with Gasteiger partial charge in [0.05, 0.1) is 18.1 Å². The zero-order valence-corrected chi connectivity index (χ0v) is 17.8. The number of carboxylic acids is 1. The number of benzene rings is 1. The highest BCUT2D eigenvalue weighted by molar-refractivity contribution is 5.72. The molecule has 1 amide bonds. The van der Waals surface area contributed by atoms with E-state index in [0.717, 1.165) is 31.2 Å². The van der Waals surface area contributed by atoms with Crippen molar-refractivity contribution >= 4 is 12.1 Å². The SMILES string of the molecule is CC(C)(C)OC(=O)N[C@H](CC1CCCCC1)[C@@H](O)[C@@H](Cc1ccccc1)C(=O)O. The first-order valence-electron chi connectivity index (χ1n) is 10.6. The third kappa shape index (κ3) is 8.05. The molecule has 2 rings (SSSR count). The van der Waals surface area contributed by atoms with Crippen LogP contribution in [0.5, 0.6) is 0 Å². The van der Waals surface area contributed by atoms with Crippen LogP contribution in [0.25, 0.3) is 0 Å². The van der Waals surface area contributed by atoms with E-state index >= 15 is 0 Å². The standard InChI is InChI=1S/C23H35NO5/c1-23(2,3)29-22(28)24-19(15-17-12-8-5-9-13-17)20(25)18(21(26)27)14-16-10-6-4-7-11-16/h4,6-7,10-11,17-20,25H,5,8-9,12-15H2,1-3H3,(H,24,28)(H,26,27)/t18-,19-,20+/m1/s1. The van der Waals surface area contributed by atoms with Gasteiger partial charge in [0, 0.05) is 0 Å². The Morgan fingerprint density at radius 1 is 1.14 bits per heavy atom. The van der Waals surface area contributed by atoms with Crippen LogP contribution in [0.3, 0.4) is 0 Å². The molecule has 0 saturated heterocycles. The van der Waals surface area contributed by atoms with Gasteiger partial charge in [-0.15, -0.1) is 0 Å². The summed E-state index contributed by atoms with van der Waals surface area (Å²) in [5, 5.41) is 23.6. The average molecular weight is 406 g/mol. The molecular weight excluding hydrogens is 370 g/mol. The number of carbonyl (C=O) groups is 2. The predicted octanol–water partition coefficient (Wildman–Crippen LogP) is 4.15. The maximum absolute atomic E-state index is 12.4. The number of aliphatic hydroxyl groups is 1. The van der Waals surface area contributed by atoms with Crippen LogP contribution in [0.4, 0.5) is 4.79 Å². The van der Waals surface area contributed by atoms with E-state index in [1.807, 2.05) is 30.3 Å². The van der Waals surface area contributed by atoms with Crippen LogP contribution in [-0.4, -0.2) is 40.0 Å². The van der Waals surface area contributed by atoms with Crippen molar-refractivity contribution in [1.82, 2.24) is 5.32 Å². The fourth-order valence-corrected chi connectivity index (χ4v) is 4.03. The van der Waals surface area contributed by atoms with E-state index in [1.165, 1.54) is 6.42 Å². The number of carboxylic acid groups (broad SMARTS) is 1. The summed E-state index contributed by atoms with van der Waals surface area (Å²) in [5.41, 5.74) is 0.174. The number of ether oxygens (including phenoxy) is 1. The minimum absolute atomic E-state index is 0.203. The summed E-state index contributed by atoms with van der Waals surface area (Å²) in [6, 6.07) is 8.59. The molecule has 0 heterocycles. The van der Waals surface area contributed by atoms with Crippen molar-refractivity contribution in [1.29, 1.82) is 0 Å². The second-order valence-corrected chi connectivity index (χ2v) is 9.12. The normalized spacial score (nSPS) is 18.5. The van der Waals surface area contributed by atoms with Gasteiger partial charge in [0.15, 0.2) is 0 Å². The molecule has 3 atom stereocenters. The number of alkyl carbamates (subject to hydrolysis) is 1. The lowest BCUT2D eigenvalue weighted by atomic mass is 9.80. The molecule has 6 nitrogen and oxygen atoms in total. The number of carbonyl (C=O) groups excluding carboxylic acids is 1. The van der Waals surface area contributed by atoms with Gasteiger partial charge in [0.25, 0.3) is 0 Å². The first kappa shape index (κ1) is 23.2. The molecule has 0 unspecified atom stereocenters. The number of nitrogens with one attached hydrogen (secondary N) is 1. The van der Waals surface area contributed by atoms with Gasteiger partial charge < -0.3 is 20.3 Å². The summed E-state index contributed by atoms with van der Waals surface area (Å²) >= 11 is 0. The monoisotopic (exact) mass is 405 g/mol. The molecular formula is C23H35NO5. The third-order valence-corrected chi connectivity index (χ3v) is 5.45. The van der Waals surface area contributed by atoms with Crippen LogP contribution in [0.1, 0.15) is 64.9 Å². The van der Waals surface area contributed by atoms with Gasteiger partial charge in [-0.3, -0.25) is 4.79 Å². The number of hydrogen-bond donors (Lipinski definition) is 3. The number of amides is 1. The lowest BCUT2D eigenvalue weighted by Crippen LogP contribution is -2.51. The fraction of sp³-hybridized carbons (Fsp3) is 0.652. The molecule has 0 spiro atoms. The third-order valence-electron chi connectivity index (χ3n) is 5.45. The van der Waals surface area contributed by atoms with Gasteiger partial charge in [0.2, 0.25) is 0 Å². The summed E-state index contributed by atoms with van der Waals surface area (Å²) in [7, 11) is 0. The van der Waals surface area contributed by atoms with E-state index in [0.29, 0.717) is 12.3 Å². The van der Waals surface area contributed by atoms with E-state index in [-0.39, 0.29) is 6.42 Å². The van der Waals surface area contributed by atoms with E-state index in [1.54, 1.807) is 20.8 Å². The summed E-state index contributed by atoms with van der Waals surface area (Å²) in [6.45, 7) is 5.32. The Labute approximate surface area is 173 Å². The minimum atomic E-state index is -1.21. The molecule has 1 fully saturated rings. The fourth-order valence-electron chi connectivity index (χ4n) is 4.03. The van der Waals surface area contributed by atoms with Crippen molar-refractivity contribution in [3.8, 4) is 0 Å². The van der Waals surface area contributed by atoms with Crippen LogP contribution in [0.2, 0.25) is 0 Å². The van der Waals surface area contributed by atoms with Gasteiger partial charge in [0.1, 0.15) is 5.60 Å². The molecule has 6 heteroatoms. The van der Waals surface area contributed by atoms with E-state index < -0.39 is 35.7 Å². The second-order valence-electron chi connectivity index (χ2n) is 9.12. The Morgan fingerprint density at radius 2 is 1.76 bits per heavy atom. The van der Waals surface area contributed by atoms with Gasteiger partial charge >= 0.3 is 12.1 Å². The average Bonchev–Trinajstić information content (AvgIpc) is 2.65. The molecule has 1 aromatic carbocycles. The Kier molecular flexibility index (Phi) is 8.50. The number of hydrogen-bond acceptors (Lipinski definition) is 4. The Bertz CT molecular complexity index is 649. The molecule has 162 valence electrons. The molecule has 0 radical (unpaired) electrons. The molecule has 1 aliphatic rings. The first-order valence-corrected chi connectivity index (χ1v) is 10.6. The Balaban J connectivity index is 2.15. The van der Waals surface area contributed by atoms with Crippen LogP contribution in [0, 0.1) is 11.8 Å². The topological polar surface area (TPSA) is 95.9 Å². The molecule has 29 heavy (non-hydrogen) atoms. The molecule has 3 N–H and O–H groups in total. The summed E-state index contributed by atoms with van der Waals surface area (Å²) in [6.07, 6.45) is 4.47. The zero-order chi connectivity index (χ0) is 21.4. The van der Waals surface area contributed by atoms with E-state index in [4.69, 9.17) is 4.74 Å².